The van der Waals surface area contributed by atoms with Crippen molar-refractivity contribution >= 4 is 17.1 Å². The predicted octanol–water partition coefficient (Wildman–Crippen LogP) is 4.86. The molecule has 0 saturated heterocycles. The summed E-state index contributed by atoms with van der Waals surface area (Å²) in [5, 5.41) is 0. The molecule has 0 heterocycles. The normalized spacial score (nSPS) is 13.6. The smallest absolute Gasteiger partial charge is 0.0473 e. The fourth-order valence-corrected chi connectivity index (χ4v) is 2.95. The second kappa shape index (κ2) is 6.27. The molecular weight excluding hydrogens is 268 g/mol. The maximum absolute atomic E-state index is 5.84. The van der Waals surface area contributed by atoms with Gasteiger partial charge in [0, 0.05) is 24.1 Å². The number of anilines is 2. The number of nitrogens with two attached hydrogens (primary N) is 1. The zero-order valence-corrected chi connectivity index (χ0v) is 13.5. The molecule has 2 N–H and O–H groups in total. The number of rotatable bonds is 4. The second-order valence-corrected chi connectivity index (χ2v) is 6.01. The number of hydrogen-bond acceptors (Lipinski definition) is 2. The molecule has 0 spiro atoms. The van der Waals surface area contributed by atoms with Crippen molar-refractivity contribution in [2.45, 2.75) is 32.6 Å². The molecule has 1 fully saturated rings. The SMILES string of the molecule is CCc1ccc(N(C)C(=C2CCC2)c2ccc(N)cc2)cc1. The van der Waals surface area contributed by atoms with Crippen molar-refractivity contribution in [2.24, 2.45) is 0 Å². The molecule has 0 aromatic heterocycles. The Bertz CT molecular complexity index is 660. The summed E-state index contributed by atoms with van der Waals surface area (Å²) in [4.78, 5) is 2.32. The Morgan fingerprint density at radius 3 is 2.14 bits per heavy atom. The van der Waals surface area contributed by atoms with Crippen molar-refractivity contribution in [3.05, 3.63) is 65.2 Å². The molecule has 114 valence electrons. The second-order valence-electron chi connectivity index (χ2n) is 6.01. The highest BCUT2D eigenvalue weighted by Crippen LogP contribution is 2.37. The molecule has 22 heavy (non-hydrogen) atoms. The van der Waals surface area contributed by atoms with Crippen LogP contribution in [-0.2, 0) is 6.42 Å². The zero-order chi connectivity index (χ0) is 15.5. The van der Waals surface area contributed by atoms with Gasteiger partial charge >= 0.3 is 0 Å². The van der Waals surface area contributed by atoms with E-state index >= 15 is 0 Å². The third-order valence-corrected chi connectivity index (χ3v) is 4.54. The summed E-state index contributed by atoms with van der Waals surface area (Å²) in [5.41, 5.74) is 13.4. The van der Waals surface area contributed by atoms with E-state index in [-0.39, 0.29) is 0 Å². The molecule has 2 heteroatoms. The Morgan fingerprint density at radius 2 is 1.64 bits per heavy atom. The van der Waals surface area contributed by atoms with Gasteiger partial charge in [-0.25, -0.2) is 0 Å². The van der Waals surface area contributed by atoms with E-state index in [1.165, 1.54) is 41.8 Å². The minimum atomic E-state index is 0.816. The van der Waals surface area contributed by atoms with Crippen molar-refractivity contribution in [3.8, 4) is 0 Å². The van der Waals surface area contributed by atoms with E-state index in [9.17, 15) is 0 Å². The molecule has 1 aliphatic rings. The molecule has 2 nitrogen and oxygen atoms in total. The third-order valence-electron chi connectivity index (χ3n) is 4.54. The first-order chi connectivity index (χ1) is 10.7. The van der Waals surface area contributed by atoms with E-state index in [4.69, 9.17) is 5.73 Å². The van der Waals surface area contributed by atoms with Crippen LogP contribution in [-0.4, -0.2) is 7.05 Å². The summed E-state index contributed by atoms with van der Waals surface area (Å²) >= 11 is 0. The number of nitrogens with zero attached hydrogens (tertiary/aromatic N) is 1. The minimum absolute atomic E-state index is 0.816. The molecular formula is C20H24N2. The number of hydrogen-bond donors (Lipinski definition) is 1. The van der Waals surface area contributed by atoms with Crippen molar-refractivity contribution in [1.82, 2.24) is 0 Å². The van der Waals surface area contributed by atoms with E-state index in [1.54, 1.807) is 5.57 Å². The van der Waals surface area contributed by atoms with Crippen LogP contribution in [0, 0.1) is 0 Å². The lowest BCUT2D eigenvalue weighted by Gasteiger charge is -2.30. The maximum atomic E-state index is 5.84. The minimum Gasteiger partial charge on any atom is -0.399 e. The molecule has 2 aromatic rings. The van der Waals surface area contributed by atoms with Crippen molar-refractivity contribution < 1.29 is 0 Å². The van der Waals surface area contributed by atoms with Gasteiger partial charge in [-0.15, -0.1) is 0 Å². The van der Waals surface area contributed by atoms with E-state index in [2.05, 4.69) is 55.3 Å². The van der Waals surface area contributed by atoms with Gasteiger partial charge in [0.1, 0.15) is 0 Å². The first-order valence-electron chi connectivity index (χ1n) is 8.09. The Hall–Kier alpha value is -2.22. The number of nitrogen functional groups attached to an aromatic ring is 1. The van der Waals surface area contributed by atoms with Gasteiger partial charge in [0.05, 0.1) is 0 Å². The van der Waals surface area contributed by atoms with Crippen LogP contribution in [0.5, 0.6) is 0 Å². The summed E-state index contributed by atoms with van der Waals surface area (Å²) < 4.78 is 0. The quantitative estimate of drug-likeness (QED) is 0.815. The van der Waals surface area contributed by atoms with Gasteiger partial charge < -0.3 is 10.6 Å². The van der Waals surface area contributed by atoms with Crippen molar-refractivity contribution in [1.29, 1.82) is 0 Å². The van der Waals surface area contributed by atoms with Crippen molar-refractivity contribution in [2.75, 3.05) is 17.7 Å². The lowest BCUT2D eigenvalue weighted by atomic mass is 9.87. The summed E-state index contributed by atoms with van der Waals surface area (Å²) in [7, 11) is 2.16. The van der Waals surface area contributed by atoms with Crippen LogP contribution >= 0.6 is 0 Å². The summed E-state index contributed by atoms with van der Waals surface area (Å²) in [5.74, 6) is 0. The molecule has 2 aromatic carbocycles. The van der Waals surface area contributed by atoms with E-state index in [1.807, 2.05) is 12.1 Å². The van der Waals surface area contributed by atoms with Gasteiger partial charge in [-0.2, -0.15) is 0 Å². The highest BCUT2D eigenvalue weighted by Gasteiger charge is 2.20. The Balaban J connectivity index is 1.97. The fourth-order valence-electron chi connectivity index (χ4n) is 2.95. The Labute approximate surface area is 133 Å². The first-order valence-corrected chi connectivity index (χ1v) is 8.09. The number of benzene rings is 2. The molecule has 0 unspecified atom stereocenters. The molecule has 0 aliphatic heterocycles. The molecule has 0 bridgehead atoms. The van der Waals surface area contributed by atoms with Gasteiger partial charge in [-0.05, 0) is 66.6 Å². The first kappa shape index (κ1) is 14.7. The summed E-state index contributed by atoms with van der Waals surface area (Å²) in [6.07, 6.45) is 4.79. The Kier molecular flexibility index (Phi) is 4.19. The summed E-state index contributed by atoms with van der Waals surface area (Å²) in [6, 6.07) is 17.1. The van der Waals surface area contributed by atoms with Crippen LogP contribution in [0.2, 0.25) is 0 Å². The lowest BCUT2D eigenvalue weighted by Crippen LogP contribution is -2.19. The zero-order valence-electron chi connectivity index (χ0n) is 13.5. The monoisotopic (exact) mass is 292 g/mol. The van der Waals surface area contributed by atoms with Crippen molar-refractivity contribution in [3.63, 3.8) is 0 Å². The van der Waals surface area contributed by atoms with Crippen LogP contribution in [0.25, 0.3) is 5.70 Å². The molecule has 1 saturated carbocycles. The van der Waals surface area contributed by atoms with Gasteiger partial charge in [0.2, 0.25) is 0 Å². The van der Waals surface area contributed by atoms with Crippen LogP contribution in [0.1, 0.15) is 37.3 Å². The van der Waals surface area contributed by atoms with Gasteiger partial charge in [0.25, 0.3) is 0 Å². The average Bonchev–Trinajstić information content (AvgIpc) is 2.51. The topological polar surface area (TPSA) is 29.3 Å². The fraction of sp³-hybridized carbons (Fsp3) is 0.300. The van der Waals surface area contributed by atoms with Gasteiger partial charge in [-0.1, -0.05) is 31.2 Å². The standard InChI is InChI=1S/C20H24N2/c1-3-15-7-13-19(14-8-15)22(2)20(16-5-4-6-16)17-9-11-18(21)12-10-17/h7-14H,3-6,21H2,1-2H3. The highest BCUT2D eigenvalue weighted by atomic mass is 15.1. The lowest BCUT2D eigenvalue weighted by molar-refractivity contribution is 0.663. The van der Waals surface area contributed by atoms with E-state index < -0.39 is 0 Å². The predicted molar refractivity (Wildman–Crippen MR) is 95.8 cm³/mol. The van der Waals surface area contributed by atoms with Crippen LogP contribution in [0.4, 0.5) is 11.4 Å². The van der Waals surface area contributed by atoms with Crippen LogP contribution < -0.4 is 10.6 Å². The van der Waals surface area contributed by atoms with E-state index in [0.717, 1.165) is 12.1 Å². The van der Waals surface area contributed by atoms with Crippen LogP contribution in [0.3, 0.4) is 0 Å². The average molecular weight is 292 g/mol. The Morgan fingerprint density at radius 1 is 1.00 bits per heavy atom. The van der Waals surface area contributed by atoms with Crippen LogP contribution in [0.15, 0.2) is 54.1 Å². The van der Waals surface area contributed by atoms with Gasteiger partial charge in [-0.3, -0.25) is 0 Å². The highest BCUT2D eigenvalue weighted by molar-refractivity contribution is 5.82. The molecule has 3 rings (SSSR count). The molecule has 0 radical (unpaired) electrons. The van der Waals surface area contributed by atoms with Gasteiger partial charge in [0.15, 0.2) is 0 Å². The number of aryl methyl sites for hydroxylation is 1. The third kappa shape index (κ3) is 2.87. The molecule has 1 aliphatic carbocycles. The molecule has 0 amide bonds. The van der Waals surface area contributed by atoms with E-state index in [0.29, 0.717) is 0 Å². The summed E-state index contributed by atoms with van der Waals surface area (Å²) in [6.45, 7) is 2.19. The molecule has 0 atom stereocenters. The largest absolute Gasteiger partial charge is 0.399 e. The maximum Gasteiger partial charge on any atom is 0.0473 e. The number of allylic oxidation sites excluding steroid dienone is 1.